The van der Waals surface area contributed by atoms with Gasteiger partial charge in [-0.1, -0.05) is 31.7 Å². The quantitative estimate of drug-likeness (QED) is 0.824. The van der Waals surface area contributed by atoms with Gasteiger partial charge in [-0.25, -0.2) is 4.39 Å². The summed E-state index contributed by atoms with van der Waals surface area (Å²) in [7, 11) is 0. The average molecular weight is 264 g/mol. The van der Waals surface area contributed by atoms with Gasteiger partial charge in [0.15, 0.2) is 0 Å². The molecule has 0 aliphatic heterocycles. The van der Waals surface area contributed by atoms with Crippen LogP contribution in [0.4, 0.5) is 4.39 Å². The number of amides is 1. The molecule has 2 rings (SSSR count). The highest BCUT2D eigenvalue weighted by Crippen LogP contribution is 2.35. The minimum atomic E-state index is -0.712. The highest BCUT2D eigenvalue weighted by atomic mass is 19.1. The molecular formula is C15H21FN2O. The number of benzene rings is 1. The normalized spacial score (nSPS) is 17.2. The fourth-order valence-corrected chi connectivity index (χ4v) is 3.01. The van der Waals surface area contributed by atoms with E-state index in [1.807, 2.05) is 0 Å². The number of carbonyl (C=O) groups excluding carboxylic acids is 1. The van der Waals surface area contributed by atoms with Crippen LogP contribution in [0.2, 0.25) is 0 Å². The van der Waals surface area contributed by atoms with Crippen LogP contribution in [0.3, 0.4) is 0 Å². The van der Waals surface area contributed by atoms with Crippen molar-refractivity contribution >= 4 is 5.91 Å². The molecule has 4 heteroatoms. The Kier molecular flexibility index (Phi) is 4.53. The molecule has 1 aliphatic rings. The molecule has 1 amide bonds. The van der Waals surface area contributed by atoms with Gasteiger partial charge in [-0.3, -0.25) is 4.79 Å². The molecule has 104 valence electrons. The molecule has 0 aromatic heterocycles. The molecule has 3 nitrogen and oxygen atoms in total. The monoisotopic (exact) mass is 264 g/mol. The molecule has 0 spiro atoms. The zero-order valence-corrected chi connectivity index (χ0v) is 11.1. The van der Waals surface area contributed by atoms with Crippen LogP contribution in [0.5, 0.6) is 0 Å². The zero-order valence-electron chi connectivity index (χ0n) is 11.1. The van der Waals surface area contributed by atoms with Crippen LogP contribution in [0, 0.1) is 5.82 Å². The van der Waals surface area contributed by atoms with Gasteiger partial charge in [0.25, 0.3) is 5.91 Å². The van der Waals surface area contributed by atoms with E-state index in [2.05, 4.69) is 0 Å². The van der Waals surface area contributed by atoms with Crippen molar-refractivity contribution < 1.29 is 9.18 Å². The lowest BCUT2D eigenvalue weighted by molar-refractivity contribution is 0.0996. The van der Waals surface area contributed by atoms with E-state index in [1.54, 1.807) is 6.07 Å². The van der Waals surface area contributed by atoms with Crippen molar-refractivity contribution in [3.05, 3.63) is 34.6 Å². The van der Waals surface area contributed by atoms with Crippen molar-refractivity contribution in [1.82, 2.24) is 0 Å². The summed E-state index contributed by atoms with van der Waals surface area (Å²) in [5, 5.41) is 0. The first-order valence-corrected chi connectivity index (χ1v) is 6.96. The molecule has 1 aromatic carbocycles. The molecule has 19 heavy (non-hydrogen) atoms. The first-order valence-electron chi connectivity index (χ1n) is 6.96. The van der Waals surface area contributed by atoms with Crippen molar-refractivity contribution in [3.8, 4) is 0 Å². The highest BCUT2D eigenvalue weighted by Gasteiger charge is 2.24. The molecule has 0 heterocycles. The van der Waals surface area contributed by atoms with Gasteiger partial charge in [0.05, 0.1) is 5.56 Å². The van der Waals surface area contributed by atoms with Gasteiger partial charge in [-0.05, 0) is 36.0 Å². The predicted octanol–water partition coefficient (Wildman–Crippen LogP) is 2.82. The van der Waals surface area contributed by atoms with Crippen LogP contribution in [-0.2, 0) is 6.54 Å². The molecule has 0 atom stereocenters. The number of carbonyl (C=O) groups is 1. The molecule has 4 N–H and O–H groups in total. The zero-order chi connectivity index (χ0) is 13.8. The molecule has 1 fully saturated rings. The van der Waals surface area contributed by atoms with Crippen molar-refractivity contribution in [2.24, 2.45) is 11.5 Å². The van der Waals surface area contributed by atoms with Crippen LogP contribution in [0.15, 0.2) is 12.1 Å². The van der Waals surface area contributed by atoms with Crippen molar-refractivity contribution in [1.29, 1.82) is 0 Å². The molecule has 0 unspecified atom stereocenters. The van der Waals surface area contributed by atoms with Crippen LogP contribution >= 0.6 is 0 Å². The largest absolute Gasteiger partial charge is 0.366 e. The van der Waals surface area contributed by atoms with Crippen LogP contribution in [0.25, 0.3) is 0 Å². The van der Waals surface area contributed by atoms with E-state index in [0.717, 1.165) is 31.2 Å². The summed E-state index contributed by atoms with van der Waals surface area (Å²) in [6.45, 7) is 0.293. The summed E-state index contributed by atoms with van der Waals surface area (Å²) in [5.41, 5.74) is 12.3. The summed E-state index contributed by atoms with van der Waals surface area (Å²) in [4.78, 5) is 11.3. The number of hydrogen-bond donors (Lipinski definition) is 2. The lowest BCUT2D eigenvalue weighted by Crippen LogP contribution is -2.17. The third-order valence-corrected chi connectivity index (χ3v) is 4.02. The molecule has 0 radical (unpaired) electrons. The Morgan fingerprint density at radius 1 is 1.21 bits per heavy atom. The maximum Gasteiger partial charge on any atom is 0.251 e. The molecule has 1 saturated carbocycles. The Bertz CT molecular complexity index is 465. The Hall–Kier alpha value is -1.42. The molecule has 0 saturated heterocycles. The van der Waals surface area contributed by atoms with Gasteiger partial charge in [0, 0.05) is 6.54 Å². The number of hydrogen-bond acceptors (Lipinski definition) is 2. The predicted molar refractivity (Wildman–Crippen MR) is 73.3 cm³/mol. The molecule has 0 bridgehead atoms. The maximum absolute atomic E-state index is 14.5. The molecule has 1 aromatic rings. The lowest BCUT2D eigenvalue weighted by Gasteiger charge is -2.20. The Morgan fingerprint density at radius 3 is 2.37 bits per heavy atom. The molecule has 1 aliphatic carbocycles. The molecular weight excluding hydrogens is 243 g/mol. The van der Waals surface area contributed by atoms with E-state index in [4.69, 9.17) is 11.5 Å². The average Bonchev–Trinajstić information content (AvgIpc) is 2.66. The van der Waals surface area contributed by atoms with Crippen LogP contribution < -0.4 is 11.5 Å². The van der Waals surface area contributed by atoms with E-state index >= 15 is 0 Å². The summed E-state index contributed by atoms with van der Waals surface area (Å²) in [6.07, 6.45) is 6.54. The topological polar surface area (TPSA) is 69.1 Å². The Balaban J connectivity index is 2.45. The number of halogens is 1. The smallest absolute Gasteiger partial charge is 0.251 e. The summed E-state index contributed by atoms with van der Waals surface area (Å²) >= 11 is 0. The minimum absolute atomic E-state index is 0.0172. The van der Waals surface area contributed by atoms with E-state index < -0.39 is 11.7 Å². The Morgan fingerprint density at radius 2 is 1.84 bits per heavy atom. The third kappa shape index (κ3) is 2.95. The number of nitrogens with two attached hydrogens (primary N) is 2. The second-order valence-electron chi connectivity index (χ2n) is 5.26. The first-order chi connectivity index (χ1) is 9.15. The van der Waals surface area contributed by atoms with E-state index in [9.17, 15) is 9.18 Å². The minimum Gasteiger partial charge on any atom is -0.366 e. The standard InChI is InChI=1S/C15H21FN2O/c16-14-12(15(18)19)8-7-11(9-17)13(14)10-5-3-1-2-4-6-10/h7-8,10H,1-6,9,17H2,(H2,18,19). The van der Waals surface area contributed by atoms with Crippen molar-refractivity contribution in [3.63, 3.8) is 0 Å². The second-order valence-corrected chi connectivity index (χ2v) is 5.26. The maximum atomic E-state index is 14.5. The van der Waals surface area contributed by atoms with E-state index in [0.29, 0.717) is 12.1 Å². The third-order valence-electron chi connectivity index (χ3n) is 4.02. The lowest BCUT2D eigenvalue weighted by atomic mass is 9.86. The number of rotatable bonds is 3. The first kappa shape index (κ1) is 14.0. The van der Waals surface area contributed by atoms with Gasteiger partial charge < -0.3 is 11.5 Å². The van der Waals surface area contributed by atoms with Crippen LogP contribution in [-0.4, -0.2) is 5.91 Å². The van der Waals surface area contributed by atoms with E-state index in [-0.39, 0.29) is 11.5 Å². The second kappa shape index (κ2) is 6.15. The summed E-state index contributed by atoms with van der Waals surface area (Å²) in [6, 6.07) is 3.18. The van der Waals surface area contributed by atoms with Gasteiger partial charge in [-0.2, -0.15) is 0 Å². The van der Waals surface area contributed by atoms with Crippen molar-refractivity contribution in [2.75, 3.05) is 0 Å². The number of primary amides is 1. The SMILES string of the molecule is NCc1ccc(C(N)=O)c(F)c1C1CCCCCC1. The highest BCUT2D eigenvalue weighted by molar-refractivity contribution is 5.93. The van der Waals surface area contributed by atoms with Gasteiger partial charge in [0.2, 0.25) is 0 Å². The fraction of sp³-hybridized carbons (Fsp3) is 0.533. The van der Waals surface area contributed by atoms with Crippen molar-refractivity contribution in [2.45, 2.75) is 51.0 Å². The summed E-state index contributed by atoms with van der Waals surface area (Å²) < 4.78 is 14.5. The fourth-order valence-electron chi connectivity index (χ4n) is 3.01. The van der Waals surface area contributed by atoms with Gasteiger partial charge >= 0.3 is 0 Å². The van der Waals surface area contributed by atoms with Crippen LogP contribution in [0.1, 0.15) is 65.9 Å². The Labute approximate surface area is 113 Å². The van der Waals surface area contributed by atoms with Gasteiger partial charge in [0.1, 0.15) is 5.82 Å². The summed E-state index contributed by atoms with van der Waals surface area (Å²) in [5.74, 6) is -1.00. The van der Waals surface area contributed by atoms with E-state index in [1.165, 1.54) is 18.9 Å². The van der Waals surface area contributed by atoms with Gasteiger partial charge in [-0.15, -0.1) is 0 Å².